The number of tetrazole rings is 1. The van der Waals surface area contributed by atoms with Gasteiger partial charge in [-0.05, 0) is 28.1 Å². The molecule has 1 aliphatic heterocycles. The number of hydrogen-bond donors (Lipinski definition) is 1. The summed E-state index contributed by atoms with van der Waals surface area (Å²) in [5.74, 6) is 0.627. The van der Waals surface area contributed by atoms with Crippen LogP contribution in [0.15, 0.2) is 24.3 Å². The molecule has 7 heteroatoms. The molecule has 0 bridgehead atoms. The van der Waals surface area contributed by atoms with Crippen LogP contribution in [-0.4, -0.2) is 38.0 Å². The van der Waals surface area contributed by atoms with Crippen LogP contribution in [0.2, 0.25) is 5.02 Å². The number of fused-ring (bicyclic) bond motifs is 1. The lowest BCUT2D eigenvalue weighted by molar-refractivity contribution is -0.0579. The first kappa shape index (κ1) is 11.6. The second-order valence-electron chi connectivity index (χ2n) is 4.09. The Morgan fingerprint density at radius 3 is 3.17 bits per heavy atom. The van der Waals surface area contributed by atoms with Gasteiger partial charge in [0.15, 0.2) is 5.82 Å². The normalized spacial score (nSPS) is 22.8. The molecule has 0 unspecified atom stereocenters. The standard InChI is InChI=1S/C11H11ClN4O2/c12-8-3-1-2-7(4-8)10-11-13-14-15-16(11)5-9(6-17)18-10/h1-4,9-10,17H,5-6H2/t9-,10-/m1/s1. The van der Waals surface area contributed by atoms with E-state index in [1.807, 2.05) is 18.2 Å². The summed E-state index contributed by atoms with van der Waals surface area (Å²) in [6.45, 7) is 0.381. The molecule has 1 N–H and O–H groups in total. The minimum absolute atomic E-state index is 0.0730. The van der Waals surface area contributed by atoms with Gasteiger partial charge in [-0.3, -0.25) is 0 Å². The molecular formula is C11H11ClN4O2. The fraction of sp³-hybridized carbons (Fsp3) is 0.364. The molecule has 1 aliphatic rings. The summed E-state index contributed by atoms with van der Waals surface area (Å²) in [6.07, 6.45) is -0.713. The van der Waals surface area contributed by atoms with Gasteiger partial charge in [0.2, 0.25) is 0 Å². The van der Waals surface area contributed by atoms with Gasteiger partial charge < -0.3 is 9.84 Å². The van der Waals surface area contributed by atoms with Crippen LogP contribution in [-0.2, 0) is 11.3 Å². The second-order valence-corrected chi connectivity index (χ2v) is 4.53. The van der Waals surface area contributed by atoms with E-state index in [4.69, 9.17) is 16.3 Å². The van der Waals surface area contributed by atoms with E-state index >= 15 is 0 Å². The third-order valence-electron chi connectivity index (χ3n) is 2.85. The third kappa shape index (κ3) is 1.98. The molecule has 2 aromatic rings. The van der Waals surface area contributed by atoms with Gasteiger partial charge in [0.05, 0.1) is 13.2 Å². The van der Waals surface area contributed by atoms with Gasteiger partial charge >= 0.3 is 0 Å². The zero-order chi connectivity index (χ0) is 12.5. The molecule has 0 amide bonds. The van der Waals surface area contributed by atoms with E-state index in [0.29, 0.717) is 17.4 Å². The number of nitrogens with zero attached hydrogens (tertiary/aromatic N) is 4. The molecule has 0 saturated heterocycles. The summed E-state index contributed by atoms with van der Waals surface area (Å²) < 4.78 is 7.44. The van der Waals surface area contributed by atoms with E-state index in [1.54, 1.807) is 10.7 Å². The predicted molar refractivity (Wildman–Crippen MR) is 63.1 cm³/mol. The summed E-state index contributed by atoms with van der Waals surface area (Å²) in [5.41, 5.74) is 0.872. The highest BCUT2D eigenvalue weighted by atomic mass is 35.5. The van der Waals surface area contributed by atoms with Crippen molar-refractivity contribution in [1.29, 1.82) is 0 Å². The van der Waals surface area contributed by atoms with Crippen molar-refractivity contribution in [2.75, 3.05) is 6.61 Å². The van der Waals surface area contributed by atoms with Crippen LogP contribution in [0.3, 0.4) is 0 Å². The number of hydrogen-bond acceptors (Lipinski definition) is 5. The lowest BCUT2D eigenvalue weighted by Gasteiger charge is -2.28. The fourth-order valence-electron chi connectivity index (χ4n) is 2.02. The molecule has 94 valence electrons. The topological polar surface area (TPSA) is 73.1 Å². The Kier molecular flexibility index (Phi) is 2.99. The maximum Gasteiger partial charge on any atom is 0.185 e. The van der Waals surface area contributed by atoms with E-state index < -0.39 is 6.10 Å². The van der Waals surface area contributed by atoms with E-state index in [1.165, 1.54) is 0 Å². The van der Waals surface area contributed by atoms with Crippen molar-refractivity contribution in [2.45, 2.75) is 18.8 Å². The minimum atomic E-state index is -0.399. The van der Waals surface area contributed by atoms with Crippen molar-refractivity contribution in [3.05, 3.63) is 40.7 Å². The first-order chi connectivity index (χ1) is 8.78. The SMILES string of the molecule is OC[C@H]1Cn2nnnc2[C@@H](c2cccc(Cl)c2)O1. The van der Waals surface area contributed by atoms with Gasteiger partial charge in [-0.1, -0.05) is 23.7 Å². The summed E-state index contributed by atoms with van der Waals surface area (Å²) >= 11 is 5.97. The van der Waals surface area contributed by atoms with Gasteiger partial charge in [0.25, 0.3) is 0 Å². The van der Waals surface area contributed by atoms with Crippen molar-refractivity contribution in [1.82, 2.24) is 20.2 Å². The third-order valence-corrected chi connectivity index (χ3v) is 3.09. The van der Waals surface area contributed by atoms with Crippen LogP contribution in [0.5, 0.6) is 0 Å². The maximum absolute atomic E-state index is 9.24. The largest absolute Gasteiger partial charge is 0.394 e. The highest BCUT2D eigenvalue weighted by Gasteiger charge is 2.31. The van der Waals surface area contributed by atoms with Crippen molar-refractivity contribution < 1.29 is 9.84 Å². The predicted octanol–water partition coefficient (Wildman–Crippen LogP) is 0.807. The smallest absolute Gasteiger partial charge is 0.185 e. The zero-order valence-corrected chi connectivity index (χ0v) is 10.2. The van der Waals surface area contributed by atoms with Crippen LogP contribution in [0.4, 0.5) is 0 Å². The first-order valence-electron chi connectivity index (χ1n) is 5.56. The van der Waals surface area contributed by atoms with E-state index in [-0.39, 0.29) is 12.7 Å². The molecule has 0 saturated carbocycles. The second kappa shape index (κ2) is 4.64. The number of benzene rings is 1. The summed E-state index contributed by atoms with van der Waals surface area (Å²) in [7, 11) is 0. The lowest BCUT2D eigenvalue weighted by Crippen LogP contribution is -2.34. The number of halogens is 1. The maximum atomic E-state index is 9.24. The quantitative estimate of drug-likeness (QED) is 0.871. The highest BCUT2D eigenvalue weighted by molar-refractivity contribution is 6.30. The van der Waals surface area contributed by atoms with E-state index in [2.05, 4.69) is 15.5 Å². The van der Waals surface area contributed by atoms with Gasteiger partial charge in [0, 0.05) is 5.02 Å². The van der Waals surface area contributed by atoms with Gasteiger partial charge in [-0.2, -0.15) is 0 Å². The van der Waals surface area contributed by atoms with Crippen molar-refractivity contribution in [3.8, 4) is 0 Å². The molecule has 0 aliphatic carbocycles. The molecular weight excluding hydrogens is 256 g/mol. The van der Waals surface area contributed by atoms with Crippen LogP contribution in [0.25, 0.3) is 0 Å². The highest BCUT2D eigenvalue weighted by Crippen LogP contribution is 2.30. The summed E-state index contributed by atoms with van der Waals surface area (Å²) in [6, 6.07) is 7.35. The molecule has 3 rings (SSSR count). The van der Waals surface area contributed by atoms with Gasteiger partial charge in [0.1, 0.15) is 12.2 Å². The van der Waals surface area contributed by atoms with Crippen LogP contribution in [0.1, 0.15) is 17.5 Å². The van der Waals surface area contributed by atoms with Crippen molar-refractivity contribution >= 4 is 11.6 Å². The fourth-order valence-corrected chi connectivity index (χ4v) is 2.22. The molecule has 1 aromatic heterocycles. The Balaban J connectivity index is 2.02. The van der Waals surface area contributed by atoms with Crippen LogP contribution in [0, 0.1) is 0 Å². The molecule has 18 heavy (non-hydrogen) atoms. The first-order valence-corrected chi connectivity index (χ1v) is 5.93. The molecule has 6 nitrogen and oxygen atoms in total. The number of aromatic nitrogens is 4. The Bertz CT molecular complexity index is 559. The van der Waals surface area contributed by atoms with Crippen molar-refractivity contribution in [2.24, 2.45) is 0 Å². The van der Waals surface area contributed by atoms with Crippen LogP contribution >= 0.6 is 11.6 Å². The Morgan fingerprint density at radius 2 is 2.39 bits per heavy atom. The Labute approximate surface area is 108 Å². The molecule has 0 spiro atoms. The molecule has 2 atom stereocenters. The van der Waals surface area contributed by atoms with Gasteiger partial charge in [-0.15, -0.1) is 5.10 Å². The molecule has 1 aromatic carbocycles. The van der Waals surface area contributed by atoms with Crippen LogP contribution < -0.4 is 0 Å². The van der Waals surface area contributed by atoms with E-state index in [9.17, 15) is 5.11 Å². The summed E-state index contributed by atoms with van der Waals surface area (Å²) in [4.78, 5) is 0. The minimum Gasteiger partial charge on any atom is -0.394 e. The monoisotopic (exact) mass is 266 g/mol. The van der Waals surface area contributed by atoms with Gasteiger partial charge in [-0.25, -0.2) is 4.68 Å². The molecule has 0 radical (unpaired) electrons. The number of ether oxygens (including phenoxy) is 1. The molecule has 0 fully saturated rings. The number of aliphatic hydroxyl groups excluding tert-OH is 1. The van der Waals surface area contributed by atoms with E-state index in [0.717, 1.165) is 5.56 Å². The summed E-state index contributed by atoms with van der Waals surface area (Å²) in [5, 5.41) is 21.4. The lowest BCUT2D eigenvalue weighted by atomic mass is 10.1. The van der Waals surface area contributed by atoms with Crippen molar-refractivity contribution in [3.63, 3.8) is 0 Å². The number of aliphatic hydroxyl groups is 1. The zero-order valence-electron chi connectivity index (χ0n) is 9.40. The average Bonchev–Trinajstić information content (AvgIpc) is 2.85. The molecule has 2 heterocycles. The number of rotatable bonds is 2. The average molecular weight is 267 g/mol. The Morgan fingerprint density at radius 1 is 1.50 bits per heavy atom. The Hall–Kier alpha value is -1.50.